The topological polar surface area (TPSA) is 303 Å². The zero-order valence-corrected chi connectivity index (χ0v) is 55.2. The number of Topliss-reactive ketones (excluding diaryl/α,β-unsaturated/α-hetero) is 1. The number of aliphatic imine (C=N–C) groups is 2. The van der Waals surface area contributed by atoms with Crippen molar-refractivity contribution in [2.45, 2.75) is 37.1 Å². The van der Waals surface area contributed by atoms with Crippen molar-refractivity contribution in [2.75, 3.05) is 18.0 Å². The van der Waals surface area contributed by atoms with Crippen molar-refractivity contribution in [3.8, 4) is 28.3 Å². The number of rotatable bonds is 13. The van der Waals surface area contributed by atoms with Gasteiger partial charge in [-0.1, -0.05) is 128 Å². The van der Waals surface area contributed by atoms with E-state index < -0.39 is 0 Å². The summed E-state index contributed by atoms with van der Waals surface area (Å²) in [5, 5.41) is 15.5. The van der Waals surface area contributed by atoms with E-state index in [0.717, 1.165) is 141 Å². The average Bonchev–Trinajstić information content (AvgIpc) is 1.69. The van der Waals surface area contributed by atoms with Crippen LogP contribution >= 0.6 is 59.6 Å². The summed E-state index contributed by atoms with van der Waals surface area (Å²) in [4.78, 5) is 72.5. The monoisotopic (exact) mass is 1440 g/mol. The molecule has 0 saturated heterocycles. The normalized spacial score (nSPS) is 13.6. The highest BCUT2D eigenvalue weighted by atomic mass is 79.9. The molecule has 2 aliphatic carbocycles. The lowest BCUT2D eigenvalue weighted by atomic mass is 9.85. The van der Waals surface area contributed by atoms with E-state index in [1.165, 1.54) is 11.1 Å². The van der Waals surface area contributed by atoms with Crippen molar-refractivity contribution in [3.05, 3.63) is 252 Å². The minimum atomic E-state index is -0.122. The number of fused-ring (bicyclic) bond motifs is 6. The van der Waals surface area contributed by atoms with Crippen LogP contribution in [0.3, 0.4) is 0 Å². The number of hydrogen-bond donors (Lipinski definition) is 10. The number of thioether (sulfide) groups is 1. The molecular weight excluding hydrogens is 1380 g/mol. The maximum atomic E-state index is 13.3. The number of carbonyl (C=O) groups is 2. The molecule has 0 amide bonds. The van der Waals surface area contributed by atoms with Gasteiger partial charge in [0.05, 0.1) is 42.1 Å². The Hall–Kier alpha value is -10.1. The van der Waals surface area contributed by atoms with Crippen LogP contribution < -0.4 is 17.2 Å². The fourth-order valence-corrected chi connectivity index (χ4v) is 14.3. The zero-order chi connectivity index (χ0) is 64.0. The number of carbonyl (C=O) groups excluding carboxylic acids is 2. The van der Waals surface area contributed by atoms with Crippen LogP contribution in [0.25, 0.3) is 77.3 Å². The number of nitrogen functional groups attached to an aromatic ring is 1. The van der Waals surface area contributed by atoms with Gasteiger partial charge in [-0.3, -0.25) is 24.6 Å². The van der Waals surface area contributed by atoms with Crippen LogP contribution in [0.15, 0.2) is 211 Å². The molecule has 0 fully saturated rings. The second kappa shape index (κ2) is 25.5. The van der Waals surface area contributed by atoms with Crippen molar-refractivity contribution in [1.82, 2.24) is 49.8 Å². The summed E-state index contributed by atoms with van der Waals surface area (Å²) in [6.07, 6.45) is 20.6. The van der Waals surface area contributed by atoms with Gasteiger partial charge < -0.3 is 52.2 Å². The van der Waals surface area contributed by atoms with Crippen LogP contribution in [0, 0.1) is 0 Å². The molecule has 0 spiro atoms. The van der Waals surface area contributed by atoms with Gasteiger partial charge in [0.2, 0.25) is 5.78 Å². The maximum Gasteiger partial charge on any atom is 0.230 e. The number of ketones is 2. The lowest BCUT2D eigenvalue weighted by Crippen LogP contribution is -2.23. The summed E-state index contributed by atoms with van der Waals surface area (Å²) in [5.74, 6) is 1.57. The number of nitrogens with zero attached hydrogens (tertiary/aromatic N) is 6. The minimum absolute atomic E-state index is 0.0276. The molecule has 6 aromatic carbocycles. The predicted molar refractivity (Wildman–Crippen MR) is 382 cm³/mol. The quantitative estimate of drug-likeness (QED) is 0.0170. The Labute approximate surface area is 561 Å². The van der Waals surface area contributed by atoms with Gasteiger partial charge >= 0.3 is 0 Å². The third-order valence-electron chi connectivity index (χ3n) is 16.8. The van der Waals surface area contributed by atoms with Crippen LogP contribution in [0.4, 0.5) is 5.95 Å². The molecule has 22 heteroatoms. The molecule has 1 unspecified atom stereocenters. The lowest BCUT2D eigenvalue weighted by molar-refractivity contribution is -0.112. The summed E-state index contributed by atoms with van der Waals surface area (Å²) in [5.41, 5.74) is 36.3. The third kappa shape index (κ3) is 12.0. The largest absolute Gasteiger partial charge is 0.508 e. The molecule has 16 rings (SSSR count). The number of aromatic hydroxyl groups is 1. The first kappa shape index (κ1) is 60.4. The molecule has 93 heavy (non-hydrogen) atoms. The smallest absolute Gasteiger partial charge is 0.230 e. The van der Waals surface area contributed by atoms with Crippen LogP contribution in [0.2, 0.25) is 0 Å². The second-order valence-corrected chi connectivity index (χ2v) is 26.3. The van der Waals surface area contributed by atoms with Crippen molar-refractivity contribution in [3.63, 3.8) is 0 Å². The van der Waals surface area contributed by atoms with Gasteiger partial charge in [-0.2, -0.15) is 0 Å². The number of H-pyrrole nitrogens is 6. The predicted octanol–water partition coefficient (Wildman–Crippen LogP) is 15.2. The molecule has 3 aliphatic rings. The van der Waals surface area contributed by atoms with Crippen molar-refractivity contribution >= 4 is 143 Å². The number of phenolic OH excluding ortho intramolecular Hbond substituents is 1. The molecule has 0 saturated carbocycles. The summed E-state index contributed by atoms with van der Waals surface area (Å²) in [7, 11) is 0. The summed E-state index contributed by atoms with van der Waals surface area (Å²) >= 11 is 12.2. The highest BCUT2D eigenvalue weighted by molar-refractivity contribution is 9.11. The van der Waals surface area contributed by atoms with Crippen molar-refractivity contribution < 1.29 is 14.7 Å². The molecule has 1 aliphatic heterocycles. The van der Waals surface area contributed by atoms with Crippen LogP contribution in [0.1, 0.15) is 80.2 Å². The number of hydrogen-bond acceptors (Lipinski definition) is 11. The van der Waals surface area contributed by atoms with Crippen LogP contribution in [-0.2, 0) is 17.6 Å². The van der Waals surface area contributed by atoms with E-state index in [-0.39, 0.29) is 35.6 Å². The molecule has 13 N–H and O–H groups in total. The minimum Gasteiger partial charge on any atom is -0.508 e. The fourth-order valence-electron chi connectivity index (χ4n) is 12.3. The Kier molecular flexibility index (Phi) is 16.6. The molecule has 1 atom stereocenters. The molecule has 460 valence electrons. The number of anilines is 1. The Morgan fingerprint density at radius 1 is 0.688 bits per heavy atom. The number of imidazole rings is 2. The van der Waals surface area contributed by atoms with Gasteiger partial charge in [0.15, 0.2) is 23.5 Å². The number of benzene rings is 6. The van der Waals surface area contributed by atoms with Crippen molar-refractivity contribution in [2.24, 2.45) is 21.5 Å². The Morgan fingerprint density at radius 2 is 1.35 bits per heavy atom. The van der Waals surface area contributed by atoms with Crippen molar-refractivity contribution in [1.29, 1.82) is 0 Å². The van der Waals surface area contributed by atoms with E-state index in [1.807, 2.05) is 104 Å². The second-order valence-electron chi connectivity index (χ2n) is 22.5. The van der Waals surface area contributed by atoms with E-state index in [0.29, 0.717) is 41.8 Å². The summed E-state index contributed by atoms with van der Waals surface area (Å²) in [6.45, 7) is 2.59. The zero-order valence-electron chi connectivity index (χ0n) is 49.6. The molecule has 8 heterocycles. The van der Waals surface area contributed by atoms with Gasteiger partial charge in [-0.05, 0) is 101 Å². The number of nitrogens with two attached hydrogens (primary N) is 3. The summed E-state index contributed by atoms with van der Waals surface area (Å²) < 4.78 is 3.07. The molecular formula is C71H56Br3N15O3S. The SMILES string of the molecule is CC(c1cnc(N)[nH]1)c1ccc(O)c2c1C(C1=CN=C(c3c[nH]c4cc(Br)ccc34)C(=O)C1)=CC2.NC(N)=NCCSc1nc(-c2c[nH]c3cc(Br)ccc23)cnc1C1=CCc2cc(Br)ccc21.O=C(c1ncc(-c2c[nH]c3ccccc23)[nH]1)c1c[nH]c2ccccc12. The average molecular weight is 1440 g/mol. The molecule has 0 radical (unpaired) electrons. The Bertz CT molecular complexity index is 5300. The van der Waals surface area contributed by atoms with Crippen LogP contribution in [0.5, 0.6) is 5.75 Å². The first-order chi connectivity index (χ1) is 45.2. The van der Waals surface area contributed by atoms with E-state index >= 15 is 0 Å². The molecule has 0 bridgehead atoms. The number of allylic oxidation sites excluding steroid dienone is 4. The summed E-state index contributed by atoms with van der Waals surface area (Å²) in [6, 6.07) is 37.9. The Morgan fingerprint density at radius 3 is 2.11 bits per heavy atom. The fraction of sp³-hybridized carbons (Fsp3) is 0.0986. The number of halogens is 3. The molecule has 13 aromatic rings. The molecule has 18 nitrogen and oxygen atoms in total. The standard InChI is InChI=1S/C27H22BrN5O2.C24H20Br2N6S.C20H14N4O/c1-13(22-12-32-27(29)33-22)16-6-7-23(34)19-5-4-17(25(16)19)14-8-24(35)26(31-10-14)20-11-30-21-9-15(28)2-3-18(20)21;25-14-2-5-16-13(9-14)1-4-18(16)22-23(33-8-7-29-24(27)28)32-21(12-31-22)19-11-30-20-10-15(26)3-6-17(19)20;25-19(15-10-22-17-8-4-2-6-13(15)17)20-23-11-18(24-20)14-9-21-16-7-3-1-5-12(14)16/h2-4,6-7,9-13,30,34H,5,8H2,1H3,(H3,29,32,33);2-6,9-12,30H,1,7-8H2,(H4,27,28,29);1-11,21-22H,(H,23,24). The van der Waals surface area contributed by atoms with E-state index in [1.54, 1.807) is 42.6 Å². The number of nitrogens with one attached hydrogen (secondary N) is 6. The van der Waals surface area contributed by atoms with Gasteiger partial charge in [0.25, 0.3) is 0 Å². The highest BCUT2D eigenvalue weighted by Crippen LogP contribution is 2.45. The van der Waals surface area contributed by atoms with Gasteiger partial charge in [0, 0.05) is 140 Å². The number of phenols is 1. The van der Waals surface area contributed by atoms with Crippen LogP contribution in [-0.4, -0.2) is 90.5 Å². The number of aromatic nitrogens is 10. The van der Waals surface area contributed by atoms with Gasteiger partial charge in [-0.15, -0.1) is 11.8 Å². The third-order valence-corrected chi connectivity index (χ3v) is 19.2. The van der Waals surface area contributed by atoms with E-state index in [2.05, 4.69) is 147 Å². The number of aromatic amines is 6. The first-order valence-electron chi connectivity index (χ1n) is 29.7. The van der Waals surface area contributed by atoms with E-state index in [9.17, 15) is 14.7 Å². The van der Waals surface area contributed by atoms with Gasteiger partial charge in [0.1, 0.15) is 22.2 Å². The Balaban J connectivity index is 0.000000122. The number of para-hydroxylation sites is 2. The van der Waals surface area contributed by atoms with Gasteiger partial charge in [-0.25, -0.2) is 15.0 Å². The lowest BCUT2D eigenvalue weighted by Gasteiger charge is -2.20. The maximum absolute atomic E-state index is 13.3. The van der Waals surface area contributed by atoms with E-state index in [4.69, 9.17) is 27.2 Å². The molecule has 7 aromatic heterocycles. The first-order valence-corrected chi connectivity index (χ1v) is 33.0. The number of guanidine groups is 1. The highest BCUT2D eigenvalue weighted by Gasteiger charge is 2.31.